The highest BCUT2D eigenvalue weighted by Gasteiger charge is 2.11. The zero-order chi connectivity index (χ0) is 17.6. The molecule has 0 fully saturated rings. The Morgan fingerprint density at radius 2 is 1.56 bits per heavy atom. The summed E-state index contributed by atoms with van der Waals surface area (Å²) in [6.07, 6.45) is 4.69. The summed E-state index contributed by atoms with van der Waals surface area (Å²) < 4.78 is 0. The third-order valence-corrected chi connectivity index (χ3v) is 3.65. The highest BCUT2D eigenvalue weighted by molar-refractivity contribution is 5.94. The third-order valence-electron chi connectivity index (χ3n) is 3.65. The van der Waals surface area contributed by atoms with Crippen LogP contribution in [0.4, 0.5) is 0 Å². The Labute approximate surface area is 145 Å². The standard InChI is InChI=1S/C18H12N4O.C2H6/c23-18-16-14(12-5-2-1-3-6-12)7-4-8-15(16)21-17(22-18)13-9-19-11-20-10-13;1-2/h1-11H,(H,21,22,23);1-2H3. The van der Waals surface area contributed by atoms with Gasteiger partial charge >= 0.3 is 0 Å². The number of nitrogens with one attached hydrogen (secondary N) is 1. The minimum absolute atomic E-state index is 0.173. The van der Waals surface area contributed by atoms with Crippen LogP contribution in [-0.2, 0) is 0 Å². The average molecular weight is 330 g/mol. The molecule has 25 heavy (non-hydrogen) atoms. The van der Waals surface area contributed by atoms with Crippen LogP contribution in [0.1, 0.15) is 13.8 Å². The summed E-state index contributed by atoms with van der Waals surface area (Å²) in [7, 11) is 0. The van der Waals surface area contributed by atoms with Gasteiger partial charge in [0.2, 0.25) is 0 Å². The van der Waals surface area contributed by atoms with Gasteiger partial charge in [0.15, 0.2) is 0 Å². The summed E-state index contributed by atoms with van der Waals surface area (Å²) in [5.41, 5.74) is 3.01. The molecule has 0 aliphatic carbocycles. The van der Waals surface area contributed by atoms with Gasteiger partial charge in [-0.25, -0.2) is 15.0 Å². The second-order valence-corrected chi connectivity index (χ2v) is 5.11. The maximum absolute atomic E-state index is 12.6. The van der Waals surface area contributed by atoms with Gasteiger partial charge in [0.05, 0.1) is 16.5 Å². The molecule has 0 amide bonds. The number of hydrogen-bond acceptors (Lipinski definition) is 4. The predicted octanol–water partition coefficient (Wildman–Crippen LogP) is 4.07. The van der Waals surface area contributed by atoms with Gasteiger partial charge in [0.1, 0.15) is 12.2 Å². The Bertz CT molecular complexity index is 1030. The summed E-state index contributed by atoms with van der Waals surface area (Å²) in [4.78, 5) is 27.9. The quantitative estimate of drug-likeness (QED) is 0.601. The topological polar surface area (TPSA) is 71.5 Å². The van der Waals surface area contributed by atoms with E-state index in [9.17, 15) is 4.79 Å². The van der Waals surface area contributed by atoms with E-state index in [1.165, 1.54) is 6.33 Å². The summed E-state index contributed by atoms with van der Waals surface area (Å²) in [6.45, 7) is 4.00. The van der Waals surface area contributed by atoms with E-state index in [0.717, 1.165) is 11.1 Å². The van der Waals surface area contributed by atoms with Crippen LogP contribution in [0.3, 0.4) is 0 Å². The lowest BCUT2D eigenvalue weighted by molar-refractivity contribution is 1.12. The highest BCUT2D eigenvalue weighted by atomic mass is 16.1. The van der Waals surface area contributed by atoms with Crippen LogP contribution in [0, 0.1) is 0 Å². The van der Waals surface area contributed by atoms with Gasteiger partial charge in [-0.3, -0.25) is 4.79 Å². The molecule has 4 aromatic rings. The molecule has 2 aromatic heterocycles. The molecular formula is C20H18N4O. The monoisotopic (exact) mass is 330 g/mol. The fraction of sp³-hybridized carbons (Fsp3) is 0.100. The molecule has 0 spiro atoms. The van der Waals surface area contributed by atoms with E-state index in [1.807, 2.05) is 62.4 Å². The van der Waals surface area contributed by atoms with Crippen molar-refractivity contribution >= 4 is 10.9 Å². The van der Waals surface area contributed by atoms with Crippen molar-refractivity contribution in [1.29, 1.82) is 0 Å². The Morgan fingerprint density at radius 1 is 0.840 bits per heavy atom. The summed E-state index contributed by atoms with van der Waals surface area (Å²) in [5.74, 6) is 0.466. The second-order valence-electron chi connectivity index (χ2n) is 5.11. The van der Waals surface area contributed by atoms with Crippen molar-refractivity contribution in [3.05, 3.63) is 77.6 Å². The number of fused-ring (bicyclic) bond motifs is 1. The highest BCUT2D eigenvalue weighted by Crippen LogP contribution is 2.26. The Balaban J connectivity index is 0.000000880. The first kappa shape index (κ1) is 16.5. The van der Waals surface area contributed by atoms with Gasteiger partial charge < -0.3 is 4.98 Å². The SMILES string of the molecule is CC.O=c1[nH]c(-c2cncnc2)nc2cccc(-c3ccccc3)c12. The van der Waals surface area contributed by atoms with Gasteiger partial charge in [0, 0.05) is 12.4 Å². The van der Waals surface area contributed by atoms with E-state index in [1.54, 1.807) is 12.4 Å². The Morgan fingerprint density at radius 3 is 2.28 bits per heavy atom. The zero-order valence-corrected chi connectivity index (χ0v) is 14.1. The first-order chi connectivity index (χ1) is 12.3. The molecule has 0 radical (unpaired) electrons. The fourth-order valence-electron chi connectivity index (χ4n) is 2.61. The molecule has 0 atom stereocenters. The van der Waals surface area contributed by atoms with E-state index in [4.69, 9.17) is 0 Å². The molecule has 2 heterocycles. The maximum Gasteiger partial charge on any atom is 0.259 e. The van der Waals surface area contributed by atoms with Gasteiger partial charge in [-0.05, 0) is 17.2 Å². The molecule has 0 saturated heterocycles. The Kier molecular flexibility index (Phi) is 4.95. The van der Waals surface area contributed by atoms with Crippen LogP contribution < -0.4 is 5.56 Å². The zero-order valence-electron chi connectivity index (χ0n) is 14.1. The molecule has 5 heteroatoms. The molecule has 4 rings (SSSR count). The lowest BCUT2D eigenvalue weighted by Crippen LogP contribution is -2.10. The van der Waals surface area contributed by atoms with Crippen molar-refractivity contribution in [3.63, 3.8) is 0 Å². The normalized spacial score (nSPS) is 10.2. The van der Waals surface area contributed by atoms with E-state index >= 15 is 0 Å². The van der Waals surface area contributed by atoms with E-state index in [2.05, 4.69) is 19.9 Å². The number of H-pyrrole nitrogens is 1. The molecule has 0 aliphatic rings. The number of nitrogens with zero attached hydrogens (tertiary/aromatic N) is 3. The second kappa shape index (κ2) is 7.49. The van der Waals surface area contributed by atoms with Gasteiger partial charge in [0.25, 0.3) is 5.56 Å². The maximum atomic E-state index is 12.6. The smallest absolute Gasteiger partial charge is 0.259 e. The van der Waals surface area contributed by atoms with E-state index in [0.29, 0.717) is 22.3 Å². The summed E-state index contributed by atoms with van der Waals surface area (Å²) in [6, 6.07) is 15.5. The third kappa shape index (κ3) is 3.30. The largest absolute Gasteiger partial charge is 0.306 e. The molecule has 2 aromatic carbocycles. The molecule has 0 unspecified atom stereocenters. The Hall–Kier alpha value is -3.34. The lowest BCUT2D eigenvalue weighted by atomic mass is 10.0. The molecule has 0 aliphatic heterocycles. The minimum atomic E-state index is -0.173. The van der Waals surface area contributed by atoms with Crippen molar-refractivity contribution in [2.24, 2.45) is 0 Å². The van der Waals surface area contributed by atoms with Crippen LogP contribution in [0.2, 0.25) is 0 Å². The van der Waals surface area contributed by atoms with Crippen molar-refractivity contribution in [2.75, 3.05) is 0 Å². The summed E-state index contributed by atoms with van der Waals surface area (Å²) >= 11 is 0. The van der Waals surface area contributed by atoms with Crippen LogP contribution >= 0.6 is 0 Å². The molecule has 124 valence electrons. The average Bonchev–Trinajstić information content (AvgIpc) is 2.70. The van der Waals surface area contributed by atoms with Crippen molar-refractivity contribution in [2.45, 2.75) is 13.8 Å². The number of benzene rings is 2. The number of rotatable bonds is 2. The van der Waals surface area contributed by atoms with E-state index in [-0.39, 0.29) is 5.56 Å². The molecule has 0 bridgehead atoms. The first-order valence-electron chi connectivity index (χ1n) is 8.17. The van der Waals surface area contributed by atoms with Gasteiger partial charge in [-0.1, -0.05) is 56.3 Å². The molecule has 0 saturated carbocycles. The lowest BCUT2D eigenvalue weighted by Gasteiger charge is -2.07. The predicted molar refractivity (Wildman–Crippen MR) is 100 cm³/mol. The number of aromatic nitrogens is 4. The van der Waals surface area contributed by atoms with Crippen molar-refractivity contribution in [3.8, 4) is 22.5 Å². The number of aromatic amines is 1. The van der Waals surface area contributed by atoms with Crippen LogP contribution in [-0.4, -0.2) is 19.9 Å². The van der Waals surface area contributed by atoms with Crippen molar-refractivity contribution < 1.29 is 0 Å². The van der Waals surface area contributed by atoms with Gasteiger partial charge in [-0.15, -0.1) is 0 Å². The fourth-order valence-corrected chi connectivity index (χ4v) is 2.61. The number of hydrogen-bond donors (Lipinski definition) is 1. The molecule has 5 nitrogen and oxygen atoms in total. The minimum Gasteiger partial charge on any atom is -0.306 e. The molecular weight excluding hydrogens is 312 g/mol. The van der Waals surface area contributed by atoms with Crippen LogP contribution in [0.5, 0.6) is 0 Å². The van der Waals surface area contributed by atoms with Gasteiger partial charge in [-0.2, -0.15) is 0 Å². The van der Waals surface area contributed by atoms with Crippen LogP contribution in [0.25, 0.3) is 33.4 Å². The van der Waals surface area contributed by atoms with Crippen molar-refractivity contribution in [1.82, 2.24) is 19.9 Å². The summed E-state index contributed by atoms with van der Waals surface area (Å²) in [5, 5.41) is 0.583. The van der Waals surface area contributed by atoms with E-state index < -0.39 is 0 Å². The molecule has 1 N–H and O–H groups in total. The first-order valence-corrected chi connectivity index (χ1v) is 8.17. The van der Waals surface area contributed by atoms with Crippen LogP contribution in [0.15, 0.2) is 72.0 Å².